The van der Waals surface area contributed by atoms with Crippen LogP contribution in [0.4, 0.5) is 11.5 Å². The molecule has 2 rings (SSSR count). The van der Waals surface area contributed by atoms with Crippen molar-refractivity contribution in [3.63, 3.8) is 0 Å². The second-order valence-electron chi connectivity index (χ2n) is 3.79. The van der Waals surface area contributed by atoms with Crippen LogP contribution in [0.15, 0.2) is 18.6 Å². The maximum atomic E-state index is 10.5. The lowest BCUT2D eigenvalue weighted by atomic mass is 10.3. The van der Waals surface area contributed by atoms with E-state index in [2.05, 4.69) is 20.4 Å². The molecular formula is C10H11ClN6O2. The minimum Gasteiger partial charge on any atom is -0.368 e. The van der Waals surface area contributed by atoms with Crippen molar-refractivity contribution in [3.05, 3.63) is 39.6 Å². The highest BCUT2D eigenvalue weighted by atomic mass is 35.5. The molecule has 0 radical (unpaired) electrons. The van der Waals surface area contributed by atoms with Gasteiger partial charge in [0, 0.05) is 26.1 Å². The van der Waals surface area contributed by atoms with Gasteiger partial charge >= 0.3 is 0 Å². The number of nitrogens with zero attached hydrogens (tertiary/aromatic N) is 5. The standard InChI is InChI=1S/C10H11ClN6O2/c1-16-6-14-9(15-16)2-3-12-10-8(11)4-7(5-13-10)17(18)19/h4-6H,2-3H2,1H3,(H,12,13). The summed E-state index contributed by atoms with van der Waals surface area (Å²) in [6.45, 7) is 0.536. The van der Waals surface area contributed by atoms with E-state index in [9.17, 15) is 10.1 Å². The molecule has 0 unspecified atom stereocenters. The monoisotopic (exact) mass is 282 g/mol. The van der Waals surface area contributed by atoms with Crippen LogP contribution in [-0.2, 0) is 13.5 Å². The van der Waals surface area contributed by atoms with Gasteiger partial charge in [-0.3, -0.25) is 14.8 Å². The first-order valence-electron chi connectivity index (χ1n) is 5.44. The van der Waals surface area contributed by atoms with Crippen LogP contribution in [0.5, 0.6) is 0 Å². The third-order valence-corrected chi connectivity index (χ3v) is 2.61. The fraction of sp³-hybridized carbons (Fsp3) is 0.300. The topological polar surface area (TPSA) is 98.8 Å². The number of halogens is 1. The molecular weight excluding hydrogens is 272 g/mol. The molecule has 0 saturated carbocycles. The van der Waals surface area contributed by atoms with E-state index >= 15 is 0 Å². The van der Waals surface area contributed by atoms with Gasteiger partial charge in [-0.05, 0) is 0 Å². The summed E-state index contributed by atoms with van der Waals surface area (Å²) in [5, 5.41) is 17.9. The van der Waals surface area contributed by atoms with Crippen molar-refractivity contribution in [2.45, 2.75) is 6.42 Å². The van der Waals surface area contributed by atoms with Gasteiger partial charge in [-0.15, -0.1) is 0 Å². The predicted molar refractivity (Wildman–Crippen MR) is 69.1 cm³/mol. The summed E-state index contributed by atoms with van der Waals surface area (Å²) in [6, 6.07) is 1.26. The Kier molecular flexibility index (Phi) is 3.91. The van der Waals surface area contributed by atoms with Gasteiger partial charge in [-0.25, -0.2) is 9.97 Å². The lowest BCUT2D eigenvalue weighted by Gasteiger charge is -2.05. The number of hydrogen-bond donors (Lipinski definition) is 1. The fourth-order valence-electron chi connectivity index (χ4n) is 1.45. The van der Waals surface area contributed by atoms with Crippen molar-refractivity contribution in [1.82, 2.24) is 19.7 Å². The number of anilines is 1. The average molecular weight is 283 g/mol. The molecule has 0 fully saturated rings. The number of aromatic nitrogens is 4. The van der Waals surface area contributed by atoms with Gasteiger partial charge in [0.1, 0.15) is 18.3 Å². The number of aryl methyl sites for hydroxylation is 1. The van der Waals surface area contributed by atoms with Crippen LogP contribution in [-0.4, -0.2) is 31.2 Å². The van der Waals surface area contributed by atoms with E-state index in [1.807, 2.05) is 0 Å². The van der Waals surface area contributed by atoms with E-state index in [0.29, 0.717) is 24.6 Å². The average Bonchev–Trinajstić information content (AvgIpc) is 2.77. The Hall–Kier alpha value is -2.22. The molecule has 0 amide bonds. The molecule has 0 spiro atoms. The summed E-state index contributed by atoms with van der Waals surface area (Å²) in [5.41, 5.74) is -0.137. The smallest absolute Gasteiger partial charge is 0.289 e. The molecule has 2 aromatic heterocycles. The molecule has 1 N–H and O–H groups in total. The zero-order chi connectivity index (χ0) is 13.8. The molecule has 9 heteroatoms. The van der Waals surface area contributed by atoms with Crippen molar-refractivity contribution in [1.29, 1.82) is 0 Å². The molecule has 0 aliphatic rings. The highest BCUT2D eigenvalue weighted by molar-refractivity contribution is 6.33. The second kappa shape index (κ2) is 5.61. The lowest BCUT2D eigenvalue weighted by molar-refractivity contribution is -0.385. The SMILES string of the molecule is Cn1cnc(CCNc2ncc([N+](=O)[O-])cc2Cl)n1. The molecule has 100 valence electrons. The van der Waals surface area contributed by atoms with E-state index < -0.39 is 4.92 Å². The maximum Gasteiger partial charge on any atom is 0.289 e. The third-order valence-electron chi connectivity index (χ3n) is 2.33. The van der Waals surface area contributed by atoms with Gasteiger partial charge < -0.3 is 5.32 Å². The van der Waals surface area contributed by atoms with Crippen molar-refractivity contribution >= 4 is 23.1 Å². The number of hydrogen-bond acceptors (Lipinski definition) is 6. The van der Waals surface area contributed by atoms with Crippen molar-refractivity contribution in [3.8, 4) is 0 Å². The van der Waals surface area contributed by atoms with Crippen LogP contribution in [0.25, 0.3) is 0 Å². The minimum absolute atomic E-state index is 0.137. The Morgan fingerprint density at radius 1 is 1.53 bits per heavy atom. The van der Waals surface area contributed by atoms with E-state index in [1.165, 1.54) is 6.07 Å². The molecule has 0 atom stereocenters. The van der Waals surface area contributed by atoms with Crippen LogP contribution in [0, 0.1) is 10.1 Å². The molecule has 2 heterocycles. The first kappa shape index (κ1) is 13.2. The first-order valence-corrected chi connectivity index (χ1v) is 5.82. The van der Waals surface area contributed by atoms with Crippen molar-refractivity contribution in [2.24, 2.45) is 7.05 Å². The van der Waals surface area contributed by atoms with Crippen molar-refractivity contribution in [2.75, 3.05) is 11.9 Å². The minimum atomic E-state index is -0.541. The predicted octanol–water partition coefficient (Wildman–Crippen LogP) is 1.43. The van der Waals surface area contributed by atoms with Crippen LogP contribution in [0.2, 0.25) is 5.02 Å². The van der Waals surface area contributed by atoms with E-state index in [0.717, 1.165) is 6.20 Å². The Labute approximate surface area is 113 Å². The number of pyridine rings is 1. The maximum absolute atomic E-state index is 10.5. The molecule has 19 heavy (non-hydrogen) atoms. The Morgan fingerprint density at radius 2 is 2.32 bits per heavy atom. The second-order valence-corrected chi connectivity index (χ2v) is 4.20. The quantitative estimate of drug-likeness (QED) is 0.658. The molecule has 2 aromatic rings. The van der Waals surface area contributed by atoms with Crippen LogP contribution in [0.3, 0.4) is 0 Å². The summed E-state index contributed by atoms with van der Waals surface area (Å²) in [4.78, 5) is 18.0. The summed E-state index contributed by atoms with van der Waals surface area (Å²) >= 11 is 5.89. The Bertz CT molecular complexity index is 599. The third kappa shape index (κ3) is 3.38. The van der Waals surface area contributed by atoms with Crippen molar-refractivity contribution < 1.29 is 4.92 Å². The highest BCUT2D eigenvalue weighted by Gasteiger charge is 2.10. The summed E-state index contributed by atoms with van der Waals surface area (Å²) in [5.74, 6) is 1.11. The van der Waals surface area contributed by atoms with E-state index in [1.54, 1.807) is 18.1 Å². The summed E-state index contributed by atoms with van der Waals surface area (Å²) < 4.78 is 1.62. The normalized spacial score (nSPS) is 10.4. The van der Waals surface area contributed by atoms with Gasteiger partial charge in [-0.2, -0.15) is 5.10 Å². The molecule has 0 aliphatic heterocycles. The fourth-order valence-corrected chi connectivity index (χ4v) is 1.68. The number of rotatable bonds is 5. The molecule has 0 aliphatic carbocycles. The van der Waals surface area contributed by atoms with Crippen LogP contribution >= 0.6 is 11.6 Å². The van der Waals surface area contributed by atoms with E-state index in [4.69, 9.17) is 11.6 Å². The zero-order valence-corrected chi connectivity index (χ0v) is 10.8. The van der Waals surface area contributed by atoms with E-state index in [-0.39, 0.29) is 10.7 Å². The van der Waals surface area contributed by atoms with Gasteiger partial charge in [-0.1, -0.05) is 11.6 Å². The molecule has 0 bridgehead atoms. The summed E-state index contributed by atoms with van der Waals surface area (Å²) in [6.07, 6.45) is 3.38. The van der Waals surface area contributed by atoms with Gasteiger partial charge in [0.05, 0.1) is 9.95 Å². The van der Waals surface area contributed by atoms with Gasteiger partial charge in [0.15, 0.2) is 5.82 Å². The van der Waals surface area contributed by atoms with Crippen LogP contribution < -0.4 is 5.32 Å². The van der Waals surface area contributed by atoms with Gasteiger partial charge in [0.25, 0.3) is 5.69 Å². The summed E-state index contributed by atoms with van der Waals surface area (Å²) in [7, 11) is 1.79. The molecule has 0 saturated heterocycles. The molecule has 0 aromatic carbocycles. The Balaban J connectivity index is 1.94. The zero-order valence-electron chi connectivity index (χ0n) is 10.1. The molecule has 8 nitrogen and oxygen atoms in total. The highest BCUT2D eigenvalue weighted by Crippen LogP contribution is 2.23. The first-order chi connectivity index (χ1) is 9.06. The number of nitrogens with one attached hydrogen (secondary N) is 1. The lowest BCUT2D eigenvalue weighted by Crippen LogP contribution is -2.08. The van der Waals surface area contributed by atoms with Gasteiger partial charge in [0.2, 0.25) is 0 Å². The van der Waals surface area contributed by atoms with Crippen LogP contribution in [0.1, 0.15) is 5.82 Å². The largest absolute Gasteiger partial charge is 0.368 e. The number of nitro groups is 1. The Morgan fingerprint density at radius 3 is 2.89 bits per heavy atom.